The SMILES string of the molecule is Cc1ccc2c(c1)Oc1ccc(C)cc1C(N1CCN(C(=O)CC(C)C)CC1)=N2. The predicted octanol–water partition coefficient (Wildman–Crippen LogP) is 4.68. The number of carbonyl (C=O) groups excluding carboxylic acids is 1. The summed E-state index contributed by atoms with van der Waals surface area (Å²) in [5.41, 5.74) is 4.18. The zero-order chi connectivity index (χ0) is 20.5. The van der Waals surface area contributed by atoms with Crippen molar-refractivity contribution in [1.29, 1.82) is 0 Å². The minimum Gasteiger partial charge on any atom is -0.454 e. The van der Waals surface area contributed by atoms with Crippen LogP contribution in [-0.2, 0) is 4.79 Å². The van der Waals surface area contributed by atoms with Crippen LogP contribution in [0.1, 0.15) is 37.0 Å². The van der Waals surface area contributed by atoms with Gasteiger partial charge in [-0.25, -0.2) is 4.99 Å². The molecule has 0 radical (unpaired) electrons. The first-order valence-corrected chi connectivity index (χ1v) is 10.4. The summed E-state index contributed by atoms with van der Waals surface area (Å²) in [6.07, 6.45) is 0.615. The van der Waals surface area contributed by atoms with Crippen molar-refractivity contribution in [3.8, 4) is 11.5 Å². The third kappa shape index (κ3) is 4.14. The van der Waals surface area contributed by atoms with E-state index in [0.29, 0.717) is 12.3 Å². The molecule has 2 aliphatic rings. The van der Waals surface area contributed by atoms with E-state index < -0.39 is 0 Å². The van der Waals surface area contributed by atoms with Gasteiger partial charge in [-0.15, -0.1) is 0 Å². The van der Waals surface area contributed by atoms with E-state index in [4.69, 9.17) is 9.73 Å². The standard InChI is InChI=1S/C24H29N3O2/c1-16(2)13-23(28)26-9-11-27(12-10-26)24-19-14-17(3)6-8-21(19)29-22-15-18(4)5-7-20(22)25-24/h5-8,14-16H,9-13H2,1-4H3. The molecule has 0 bridgehead atoms. The van der Waals surface area contributed by atoms with Crippen molar-refractivity contribution in [3.63, 3.8) is 0 Å². The van der Waals surface area contributed by atoms with Crippen LogP contribution >= 0.6 is 0 Å². The monoisotopic (exact) mass is 391 g/mol. The van der Waals surface area contributed by atoms with Gasteiger partial charge >= 0.3 is 0 Å². The molecule has 5 nitrogen and oxygen atoms in total. The molecule has 0 atom stereocenters. The molecule has 0 aliphatic carbocycles. The Kier molecular flexibility index (Phi) is 5.31. The number of benzene rings is 2. The Hall–Kier alpha value is -2.82. The van der Waals surface area contributed by atoms with Crippen molar-refractivity contribution < 1.29 is 9.53 Å². The molecule has 1 amide bonds. The van der Waals surface area contributed by atoms with Crippen LogP contribution in [0.4, 0.5) is 5.69 Å². The Morgan fingerprint density at radius 2 is 1.69 bits per heavy atom. The van der Waals surface area contributed by atoms with E-state index >= 15 is 0 Å². The van der Waals surface area contributed by atoms with Gasteiger partial charge < -0.3 is 14.5 Å². The smallest absolute Gasteiger partial charge is 0.222 e. The number of rotatable bonds is 2. The topological polar surface area (TPSA) is 45.1 Å². The average molecular weight is 392 g/mol. The van der Waals surface area contributed by atoms with E-state index in [9.17, 15) is 4.79 Å². The van der Waals surface area contributed by atoms with Gasteiger partial charge in [-0.2, -0.15) is 0 Å². The van der Waals surface area contributed by atoms with E-state index in [2.05, 4.69) is 50.8 Å². The fourth-order valence-corrected chi connectivity index (χ4v) is 3.88. The quantitative estimate of drug-likeness (QED) is 0.747. The second-order valence-electron chi connectivity index (χ2n) is 8.47. The summed E-state index contributed by atoms with van der Waals surface area (Å²) in [6, 6.07) is 12.4. The molecule has 2 aliphatic heterocycles. The first kappa shape index (κ1) is 19.5. The van der Waals surface area contributed by atoms with Gasteiger partial charge in [-0.1, -0.05) is 31.5 Å². The number of fused-ring (bicyclic) bond motifs is 2. The normalized spacial score (nSPS) is 16.0. The van der Waals surface area contributed by atoms with Crippen LogP contribution in [0, 0.1) is 19.8 Å². The third-order valence-corrected chi connectivity index (χ3v) is 5.45. The van der Waals surface area contributed by atoms with Crippen LogP contribution in [0.3, 0.4) is 0 Å². The summed E-state index contributed by atoms with van der Waals surface area (Å²) in [5.74, 6) is 3.19. The third-order valence-electron chi connectivity index (χ3n) is 5.45. The molecule has 152 valence electrons. The Bertz CT molecular complexity index is 957. The summed E-state index contributed by atoms with van der Waals surface area (Å²) in [7, 11) is 0. The van der Waals surface area contributed by atoms with Gasteiger partial charge in [0.1, 0.15) is 17.3 Å². The minimum atomic E-state index is 0.253. The summed E-state index contributed by atoms with van der Waals surface area (Å²) in [5, 5.41) is 0. The van der Waals surface area contributed by atoms with Gasteiger partial charge in [0, 0.05) is 32.6 Å². The number of piperazine rings is 1. The lowest BCUT2D eigenvalue weighted by molar-refractivity contribution is -0.133. The van der Waals surface area contributed by atoms with Crippen molar-refractivity contribution in [2.75, 3.05) is 26.2 Å². The number of amides is 1. The van der Waals surface area contributed by atoms with Gasteiger partial charge in [0.05, 0.1) is 5.56 Å². The second-order valence-corrected chi connectivity index (χ2v) is 8.47. The molecular weight excluding hydrogens is 362 g/mol. The minimum absolute atomic E-state index is 0.253. The number of carbonyl (C=O) groups is 1. The Morgan fingerprint density at radius 1 is 1.00 bits per heavy atom. The summed E-state index contributed by atoms with van der Waals surface area (Å²) in [6.45, 7) is 11.3. The van der Waals surface area contributed by atoms with Crippen LogP contribution in [0.15, 0.2) is 41.4 Å². The molecular formula is C24H29N3O2. The van der Waals surface area contributed by atoms with Crippen molar-refractivity contribution in [2.24, 2.45) is 10.9 Å². The zero-order valence-electron chi connectivity index (χ0n) is 17.7. The van der Waals surface area contributed by atoms with Crippen LogP contribution in [-0.4, -0.2) is 47.7 Å². The fraction of sp³-hybridized carbons (Fsp3) is 0.417. The molecule has 2 heterocycles. The number of ether oxygens (including phenoxy) is 1. The molecule has 1 saturated heterocycles. The molecule has 0 unspecified atom stereocenters. The highest BCUT2D eigenvalue weighted by atomic mass is 16.5. The van der Waals surface area contributed by atoms with E-state index in [1.54, 1.807) is 0 Å². The average Bonchev–Trinajstić information content (AvgIpc) is 2.83. The molecule has 29 heavy (non-hydrogen) atoms. The molecule has 1 fully saturated rings. The maximum Gasteiger partial charge on any atom is 0.222 e. The van der Waals surface area contributed by atoms with Gasteiger partial charge in [-0.3, -0.25) is 4.79 Å². The lowest BCUT2D eigenvalue weighted by Crippen LogP contribution is -2.51. The predicted molar refractivity (Wildman–Crippen MR) is 116 cm³/mol. The van der Waals surface area contributed by atoms with Gasteiger partial charge in [0.2, 0.25) is 5.91 Å². The summed E-state index contributed by atoms with van der Waals surface area (Å²) in [4.78, 5) is 21.7. The van der Waals surface area contributed by atoms with Gasteiger partial charge in [0.15, 0.2) is 5.75 Å². The molecule has 5 heteroatoms. The maximum absolute atomic E-state index is 12.4. The Morgan fingerprint density at radius 3 is 2.41 bits per heavy atom. The summed E-state index contributed by atoms with van der Waals surface area (Å²) < 4.78 is 6.26. The van der Waals surface area contributed by atoms with Crippen molar-refractivity contribution in [1.82, 2.24) is 9.80 Å². The van der Waals surface area contributed by atoms with Crippen molar-refractivity contribution in [2.45, 2.75) is 34.1 Å². The number of aliphatic imine (C=N–C) groups is 1. The molecule has 0 saturated carbocycles. The molecule has 2 aromatic carbocycles. The highest BCUT2D eigenvalue weighted by Crippen LogP contribution is 2.39. The summed E-state index contributed by atoms with van der Waals surface area (Å²) >= 11 is 0. The maximum atomic E-state index is 12.4. The van der Waals surface area contributed by atoms with E-state index in [1.807, 2.05) is 23.1 Å². The van der Waals surface area contributed by atoms with Crippen molar-refractivity contribution in [3.05, 3.63) is 53.1 Å². The van der Waals surface area contributed by atoms with Crippen LogP contribution in [0.25, 0.3) is 0 Å². The molecule has 4 rings (SSSR count). The number of nitrogens with zero attached hydrogens (tertiary/aromatic N) is 3. The zero-order valence-corrected chi connectivity index (χ0v) is 17.7. The first-order chi connectivity index (χ1) is 13.9. The molecule has 2 aromatic rings. The second kappa shape index (κ2) is 7.90. The lowest BCUT2D eigenvalue weighted by Gasteiger charge is -2.37. The number of hydrogen-bond acceptors (Lipinski definition) is 4. The molecule has 0 spiro atoms. The Balaban J connectivity index is 1.64. The fourth-order valence-electron chi connectivity index (χ4n) is 3.88. The lowest BCUT2D eigenvalue weighted by atomic mass is 10.1. The number of aryl methyl sites for hydroxylation is 2. The largest absolute Gasteiger partial charge is 0.454 e. The van der Waals surface area contributed by atoms with Crippen LogP contribution < -0.4 is 4.74 Å². The molecule has 0 aromatic heterocycles. The van der Waals surface area contributed by atoms with Crippen LogP contribution in [0.2, 0.25) is 0 Å². The van der Waals surface area contributed by atoms with Crippen LogP contribution in [0.5, 0.6) is 11.5 Å². The number of amidine groups is 1. The van der Waals surface area contributed by atoms with Gasteiger partial charge in [0.25, 0.3) is 0 Å². The van der Waals surface area contributed by atoms with E-state index in [0.717, 1.165) is 60.3 Å². The van der Waals surface area contributed by atoms with Crippen molar-refractivity contribution >= 4 is 17.4 Å². The number of hydrogen-bond donors (Lipinski definition) is 0. The highest BCUT2D eigenvalue weighted by molar-refractivity contribution is 6.04. The van der Waals surface area contributed by atoms with Gasteiger partial charge in [-0.05, 0) is 49.6 Å². The molecule has 0 N–H and O–H groups in total. The van der Waals surface area contributed by atoms with E-state index in [-0.39, 0.29) is 5.91 Å². The Labute approximate surface area is 173 Å². The van der Waals surface area contributed by atoms with E-state index in [1.165, 1.54) is 5.56 Å². The first-order valence-electron chi connectivity index (χ1n) is 10.4. The highest BCUT2D eigenvalue weighted by Gasteiger charge is 2.27.